The summed E-state index contributed by atoms with van der Waals surface area (Å²) >= 11 is 5.83. The van der Waals surface area contributed by atoms with Crippen LogP contribution in [0.5, 0.6) is 0 Å². The Balaban J connectivity index is 3.24. The molecule has 17 heavy (non-hydrogen) atoms. The Hall–Kier alpha value is -1.60. The number of hydrogen-bond donors (Lipinski definition) is 0. The van der Waals surface area contributed by atoms with Gasteiger partial charge in [0.2, 0.25) is 0 Å². The molecule has 0 aliphatic carbocycles. The number of nitrogens with zero attached hydrogens (tertiary/aromatic N) is 2. The Morgan fingerprint density at radius 1 is 1.59 bits per heavy atom. The molecule has 0 spiro atoms. The third-order valence-corrected chi connectivity index (χ3v) is 2.45. The number of carbonyl (C=O) groups excluding carboxylic acids is 1. The molecule has 0 aliphatic heterocycles. The second-order valence-corrected chi connectivity index (χ2v) is 3.76. The number of carbonyl (C=O) groups is 1. The predicted octanol–water partition coefficient (Wildman–Crippen LogP) is 2.74. The molecule has 0 amide bonds. The third-order valence-electron chi connectivity index (χ3n) is 2.16. The summed E-state index contributed by atoms with van der Waals surface area (Å²) in [5.74, 6) is -0.461. The molecule has 0 aromatic carbocycles. The second kappa shape index (κ2) is 6.21. The van der Waals surface area contributed by atoms with Gasteiger partial charge in [0, 0.05) is 0 Å². The van der Waals surface area contributed by atoms with Crippen LogP contribution in [0.15, 0.2) is 6.07 Å². The summed E-state index contributed by atoms with van der Waals surface area (Å²) in [7, 11) is 0. The largest absolute Gasteiger partial charge is 0.462 e. The van der Waals surface area contributed by atoms with Crippen LogP contribution >= 0.6 is 11.6 Å². The lowest BCUT2D eigenvalue weighted by atomic mass is 10.1. The summed E-state index contributed by atoms with van der Waals surface area (Å²) in [6.45, 7) is 3.99. The lowest BCUT2D eigenvalue weighted by Gasteiger charge is -2.08. The molecule has 0 unspecified atom stereocenters. The van der Waals surface area contributed by atoms with Crippen LogP contribution in [-0.4, -0.2) is 17.6 Å². The SMILES string of the molecule is CCCc1nc(Cl)c(C#N)cc1C(=O)OCC. The van der Waals surface area contributed by atoms with Gasteiger partial charge in [0.15, 0.2) is 0 Å². The Kier molecular flexibility index (Phi) is 4.92. The number of ether oxygens (including phenoxy) is 1. The summed E-state index contributed by atoms with van der Waals surface area (Å²) < 4.78 is 4.92. The minimum atomic E-state index is -0.461. The number of nitriles is 1. The van der Waals surface area contributed by atoms with E-state index in [2.05, 4.69) is 4.98 Å². The number of aromatic nitrogens is 1. The Labute approximate surface area is 105 Å². The molecule has 90 valence electrons. The van der Waals surface area contributed by atoms with Gasteiger partial charge < -0.3 is 4.74 Å². The first-order valence-electron chi connectivity index (χ1n) is 5.40. The van der Waals surface area contributed by atoms with Crippen LogP contribution in [0, 0.1) is 11.3 Å². The zero-order valence-corrected chi connectivity index (χ0v) is 10.5. The maximum atomic E-state index is 11.7. The van der Waals surface area contributed by atoms with Crippen molar-refractivity contribution in [3.05, 3.63) is 28.0 Å². The van der Waals surface area contributed by atoms with Crippen LogP contribution in [0.4, 0.5) is 0 Å². The van der Waals surface area contributed by atoms with Crippen molar-refractivity contribution in [3.8, 4) is 6.07 Å². The van der Waals surface area contributed by atoms with Crippen molar-refractivity contribution in [2.24, 2.45) is 0 Å². The van der Waals surface area contributed by atoms with Gasteiger partial charge in [-0.2, -0.15) is 5.26 Å². The fourth-order valence-corrected chi connectivity index (χ4v) is 1.62. The maximum absolute atomic E-state index is 11.7. The van der Waals surface area contributed by atoms with Crippen LogP contribution in [0.1, 0.15) is 41.9 Å². The molecule has 0 fully saturated rings. The van der Waals surface area contributed by atoms with Gasteiger partial charge in [-0.05, 0) is 19.4 Å². The van der Waals surface area contributed by atoms with Crippen molar-refractivity contribution in [2.75, 3.05) is 6.61 Å². The van der Waals surface area contributed by atoms with Crippen molar-refractivity contribution in [1.82, 2.24) is 4.98 Å². The average molecular weight is 253 g/mol. The average Bonchev–Trinajstić information content (AvgIpc) is 2.30. The molecule has 1 aromatic rings. The smallest absolute Gasteiger partial charge is 0.340 e. The van der Waals surface area contributed by atoms with Crippen molar-refractivity contribution < 1.29 is 9.53 Å². The fourth-order valence-electron chi connectivity index (χ4n) is 1.42. The minimum Gasteiger partial charge on any atom is -0.462 e. The standard InChI is InChI=1S/C12H13ClN2O2/c1-3-5-10-9(12(16)17-4-2)6-8(7-14)11(13)15-10/h6H,3-5H2,1-2H3. The normalized spacial score (nSPS) is 9.76. The van der Waals surface area contributed by atoms with Gasteiger partial charge in [-0.25, -0.2) is 9.78 Å². The van der Waals surface area contributed by atoms with Crippen molar-refractivity contribution >= 4 is 17.6 Å². The Bertz CT molecular complexity index is 466. The van der Waals surface area contributed by atoms with Gasteiger partial charge in [-0.3, -0.25) is 0 Å². The number of aryl methyl sites for hydroxylation is 1. The van der Waals surface area contributed by atoms with E-state index in [0.29, 0.717) is 17.7 Å². The van der Waals surface area contributed by atoms with Gasteiger partial charge >= 0.3 is 5.97 Å². The van der Waals surface area contributed by atoms with Gasteiger partial charge in [0.1, 0.15) is 11.2 Å². The molecule has 4 nitrogen and oxygen atoms in total. The van der Waals surface area contributed by atoms with Crippen LogP contribution in [0.3, 0.4) is 0 Å². The van der Waals surface area contributed by atoms with E-state index in [1.807, 2.05) is 13.0 Å². The lowest BCUT2D eigenvalue weighted by Crippen LogP contribution is -2.10. The molecule has 0 radical (unpaired) electrons. The highest BCUT2D eigenvalue weighted by molar-refractivity contribution is 6.30. The molecule has 1 rings (SSSR count). The Morgan fingerprint density at radius 2 is 2.29 bits per heavy atom. The highest BCUT2D eigenvalue weighted by Gasteiger charge is 2.16. The zero-order chi connectivity index (χ0) is 12.8. The maximum Gasteiger partial charge on any atom is 0.340 e. The van der Waals surface area contributed by atoms with Crippen LogP contribution in [0.25, 0.3) is 0 Å². The predicted molar refractivity (Wildman–Crippen MR) is 63.9 cm³/mol. The summed E-state index contributed by atoms with van der Waals surface area (Å²) in [6.07, 6.45) is 1.46. The third kappa shape index (κ3) is 3.18. The summed E-state index contributed by atoms with van der Waals surface area (Å²) in [5, 5.41) is 8.98. The number of pyridine rings is 1. The van der Waals surface area contributed by atoms with E-state index in [-0.39, 0.29) is 17.3 Å². The van der Waals surface area contributed by atoms with Gasteiger partial charge in [0.25, 0.3) is 0 Å². The highest BCUT2D eigenvalue weighted by atomic mass is 35.5. The zero-order valence-electron chi connectivity index (χ0n) is 9.79. The summed E-state index contributed by atoms with van der Waals surface area (Å²) in [4.78, 5) is 15.8. The van der Waals surface area contributed by atoms with Crippen LogP contribution < -0.4 is 0 Å². The number of halogens is 1. The van der Waals surface area contributed by atoms with Gasteiger partial charge in [-0.15, -0.1) is 0 Å². The van der Waals surface area contributed by atoms with Crippen LogP contribution in [0.2, 0.25) is 5.15 Å². The fraction of sp³-hybridized carbons (Fsp3) is 0.417. The lowest BCUT2D eigenvalue weighted by molar-refractivity contribution is 0.0524. The van der Waals surface area contributed by atoms with E-state index in [1.165, 1.54) is 6.07 Å². The Morgan fingerprint density at radius 3 is 2.82 bits per heavy atom. The number of hydrogen-bond acceptors (Lipinski definition) is 4. The molecule has 0 bridgehead atoms. The molecular formula is C12H13ClN2O2. The van der Waals surface area contributed by atoms with Crippen molar-refractivity contribution in [1.29, 1.82) is 5.26 Å². The molecule has 0 saturated heterocycles. The molecule has 0 saturated carbocycles. The molecule has 5 heteroatoms. The highest BCUT2D eigenvalue weighted by Crippen LogP contribution is 2.19. The van der Waals surface area contributed by atoms with Gasteiger partial charge in [-0.1, -0.05) is 24.9 Å². The molecule has 0 atom stereocenters. The minimum absolute atomic E-state index is 0.129. The van der Waals surface area contributed by atoms with E-state index in [0.717, 1.165) is 6.42 Å². The molecule has 1 heterocycles. The molecule has 0 aliphatic rings. The van der Waals surface area contributed by atoms with Gasteiger partial charge in [0.05, 0.1) is 23.4 Å². The molecule has 1 aromatic heterocycles. The monoisotopic (exact) mass is 252 g/mol. The second-order valence-electron chi connectivity index (χ2n) is 3.40. The topological polar surface area (TPSA) is 63.0 Å². The van der Waals surface area contributed by atoms with E-state index >= 15 is 0 Å². The summed E-state index contributed by atoms with van der Waals surface area (Å²) in [5.41, 5.74) is 1.10. The van der Waals surface area contributed by atoms with E-state index in [9.17, 15) is 4.79 Å². The summed E-state index contributed by atoms with van der Waals surface area (Å²) in [6, 6.07) is 3.34. The van der Waals surface area contributed by atoms with E-state index in [1.54, 1.807) is 6.92 Å². The first-order chi connectivity index (χ1) is 8.13. The van der Waals surface area contributed by atoms with E-state index in [4.69, 9.17) is 21.6 Å². The number of esters is 1. The number of rotatable bonds is 4. The molecular weight excluding hydrogens is 240 g/mol. The quantitative estimate of drug-likeness (QED) is 0.611. The van der Waals surface area contributed by atoms with Crippen molar-refractivity contribution in [3.63, 3.8) is 0 Å². The van der Waals surface area contributed by atoms with E-state index < -0.39 is 5.97 Å². The first-order valence-corrected chi connectivity index (χ1v) is 5.78. The van der Waals surface area contributed by atoms with Crippen molar-refractivity contribution in [2.45, 2.75) is 26.7 Å². The van der Waals surface area contributed by atoms with Crippen LogP contribution in [-0.2, 0) is 11.2 Å². The first kappa shape index (κ1) is 13.5. The molecule has 0 N–H and O–H groups in total.